The maximum Gasteiger partial charge on any atom is 0.237 e. The van der Waals surface area contributed by atoms with Crippen molar-refractivity contribution in [2.24, 2.45) is 11.7 Å². The number of aromatic nitrogens is 3. The zero-order valence-electron chi connectivity index (χ0n) is 11.4. The fourth-order valence-corrected chi connectivity index (χ4v) is 1.89. The smallest absolute Gasteiger partial charge is 0.237 e. The SMILES string of the molecule is CC(C)C(NC(=O)[C@@H](C)N)c1nnc2ccccn12. The van der Waals surface area contributed by atoms with E-state index in [0.29, 0.717) is 0 Å². The van der Waals surface area contributed by atoms with Gasteiger partial charge in [0.05, 0.1) is 12.1 Å². The molecule has 0 fully saturated rings. The molecule has 3 N–H and O–H groups in total. The van der Waals surface area contributed by atoms with Crippen LogP contribution < -0.4 is 11.1 Å². The van der Waals surface area contributed by atoms with E-state index in [1.165, 1.54) is 0 Å². The fraction of sp³-hybridized carbons (Fsp3) is 0.462. The van der Waals surface area contributed by atoms with Crippen LogP contribution in [0.15, 0.2) is 24.4 Å². The Morgan fingerprint density at radius 1 is 1.32 bits per heavy atom. The molecule has 102 valence electrons. The minimum atomic E-state index is -0.541. The summed E-state index contributed by atoms with van der Waals surface area (Å²) in [5, 5.41) is 11.2. The number of carbonyl (C=O) groups excluding carboxylic acids is 1. The van der Waals surface area contributed by atoms with Gasteiger partial charge < -0.3 is 11.1 Å². The Morgan fingerprint density at radius 3 is 2.68 bits per heavy atom. The van der Waals surface area contributed by atoms with Gasteiger partial charge in [0, 0.05) is 6.20 Å². The molecule has 0 radical (unpaired) electrons. The first-order valence-electron chi connectivity index (χ1n) is 6.36. The number of hydrogen-bond donors (Lipinski definition) is 2. The quantitative estimate of drug-likeness (QED) is 0.856. The standard InChI is InChI=1S/C13H19N5O/c1-8(2)11(15-13(19)9(3)14)12-17-16-10-6-4-5-7-18(10)12/h4-9,11H,14H2,1-3H3,(H,15,19)/t9-,11?/m1/s1. The van der Waals surface area contributed by atoms with Crippen LogP contribution in [0.3, 0.4) is 0 Å². The van der Waals surface area contributed by atoms with Crippen LogP contribution in [-0.2, 0) is 4.79 Å². The minimum Gasteiger partial charge on any atom is -0.344 e. The van der Waals surface area contributed by atoms with Gasteiger partial charge in [0.1, 0.15) is 0 Å². The zero-order chi connectivity index (χ0) is 14.0. The molecule has 2 aromatic heterocycles. The lowest BCUT2D eigenvalue weighted by Gasteiger charge is -2.21. The molecular weight excluding hydrogens is 242 g/mol. The van der Waals surface area contributed by atoms with E-state index < -0.39 is 6.04 Å². The van der Waals surface area contributed by atoms with Crippen molar-refractivity contribution in [3.05, 3.63) is 30.2 Å². The van der Waals surface area contributed by atoms with Crippen molar-refractivity contribution in [3.8, 4) is 0 Å². The Morgan fingerprint density at radius 2 is 2.05 bits per heavy atom. The second-order valence-corrected chi connectivity index (χ2v) is 5.01. The molecule has 0 saturated heterocycles. The molecule has 19 heavy (non-hydrogen) atoms. The van der Waals surface area contributed by atoms with Gasteiger partial charge in [0.25, 0.3) is 0 Å². The number of fused-ring (bicyclic) bond motifs is 1. The van der Waals surface area contributed by atoms with Crippen LogP contribution >= 0.6 is 0 Å². The summed E-state index contributed by atoms with van der Waals surface area (Å²) in [6.07, 6.45) is 1.89. The largest absolute Gasteiger partial charge is 0.344 e. The first kappa shape index (κ1) is 13.5. The van der Waals surface area contributed by atoms with E-state index in [-0.39, 0.29) is 17.9 Å². The van der Waals surface area contributed by atoms with Crippen LogP contribution in [0.1, 0.15) is 32.6 Å². The molecule has 1 amide bonds. The van der Waals surface area contributed by atoms with Gasteiger partial charge in [0.15, 0.2) is 11.5 Å². The van der Waals surface area contributed by atoms with Crippen LogP contribution in [0.2, 0.25) is 0 Å². The van der Waals surface area contributed by atoms with E-state index >= 15 is 0 Å². The Hall–Kier alpha value is -1.95. The van der Waals surface area contributed by atoms with Crippen molar-refractivity contribution in [3.63, 3.8) is 0 Å². The lowest BCUT2D eigenvalue weighted by Crippen LogP contribution is -2.42. The van der Waals surface area contributed by atoms with Gasteiger partial charge in [-0.3, -0.25) is 9.20 Å². The summed E-state index contributed by atoms with van der Waals surface area (Å²) in [5.74, 6) is 0.723. The molecule has 6 heteroatoms. The Balaban J connectivity index is 2.36. The molecule has 2 atom stereocenters. The van der Waals surface area contributed by atoms with Gasteiger partial charge in [-0.1, -0.05) is 19.9 Å². The maximum atomic E-state index is 11.8. The highest BCUT2D eigenvalue weighted by Crippen LogP contribution is 2.20. The lowest BCUT2D eigenvalue weighted by molar-refractivity contribution is -0.123. The van der Waals surface area contributed by atoms with Crippen molar-refractivity contribution in [2.75, 3.05) is 0 Å². The number of nitrogens with one attached hydrogen (secondary N) is 1. The fourth-order valence-electron chi connectivity index (χ4n) is 1.89. The van der Waals surface area contributed by atoms with Crippen LogP contribution in [0.5, 0.6) is 0 Å². The predicted molar refractivity (Wildman–Crippen MR) is 72.4 cm³/mol. The summed E-state index contributed by atoms with van der Waals surface area (Å²) in [6.45, 7) is 5.71. The third kappa shape index (κ3) is 2.73. The molecular formula is C13H19N5O. The Labute approximate surface area is 112 Å². The summed E-state index contributed by atoms with van der Waals surface area (Å²) in [7, 11) is 0. The number of nitrogens with two attached hydrogens (primary N) is 1. The number of amides is 1. The van der Waals surface area contributed by atoms with Crippen molar-refractivity contribution in [1.82, 2.24) is 19.9 Å². The number of rotatable bonds is 4. The van der Waals surface area contributed by atoms with Gasteiger partial charge in [0.2, 0.25) is 5.91 Å². The number of hydrogen-bond acceptors (Lipinski definition) is 4. The van der Waals surface area contributed by atoms with E-state index in [1.54, 1.807) is 6.92 Å². The second kappa shape index (κ2) is 5.36. The highest BCUT2D eigenvalue weighted by atomic mass is 16.2. The van der Waals surface area contributed by atoms with Crippen molar-refractivity contribution >= 4 is 11.6 Å². The summed E-state index contributed by atoms with van der Waals surface area (Å²) in [4.78, 5) is 11.8. The van der Waals surface area contributed by atoms with Crippen LogP contribution in [0.25, 0.3) is 5.65 Å². The Bertz CT molecular complexity index is 575. The first-order valence-corrected chi connectivity index (χ1v) is 6.36. The minimum absolute atomic E-state index is 0.189. The third-order valence-corrected chi connectivity index (χ3v) is 3.00. The molecule has 1 unspecified atom stereocenters. The highest BCUT2D eigenvalue weighted by molar-refractivity contribution is 5.81. The van der Waals surface area contributed by atoms with E-state index in [9.17, 15) is 4.79 Å². The molecule has 2 rings (SSSR count). The second-order valence-electron chi connectivity index (χ2n) is 5.01. The van der Waals surface area contributed by atoms with E-state index in [0.717, 1.165) is 11.5 Å². The summed E-state index contributed by atoms with van der Waals surface area (Å²) >= 11 is 0. The maximum absolute atomic E-state index is 11.8. The number of carbonyl (C=O) groups is 1. The summed E-state index contributed by atoms with van der Waals surface area (Å²) in [6, 6.07) is 4.93. The van der Waals surface area contributed by atoms with E-state index in [1.807, 2.05) is 42.6 Å². The average Bonchev–Trinajstić information content (AvgIpc) is 2.78. The third-order valence-electron chi connectivity index (χ3n) is 3.00. The molecule has 0 aromatic carbocycles. The van der Waals surface area contributed by atoms with Crippen LogP contribution in [0, 0.1) is 5.92 Å². The molecule has 2 heterocycles. The highest BCUT2D eigenvalue weighted by Gasteiger charge is 2.24. The topological polar surface area (TPSA) is 85.3 Å². The number of pyridine rings is 1. The molecule has 6 nitrogen and oxygen atoms in total. The Kier molecular flexibility index (Phi) is 3.80. The van der Waals surface area contributed by atoms with Gasteiger partial charge in [-0.15, -0.1) is 10.2 Å². The number of nitrogens with zero attached hydrogens (tertiary/aromatic N) is 3. The van der Waals surface area contributed by atoms with Crippen LogP contribution in [-0.4, -0.2) is 26.5 Å². The van der Waals surface area contributed by atoms with Crippen LogP contribution in [0.4, 0.5) is 0 Å². The lowest BCUT2D eigenvalue weighted by atomic mass is 10.0. The normalized spacial score (nSPS) is 14.6. The van der Waals surface area contributed by atoms with Crippen molar-refractivity contribution < 1.29 is 4.79 Å². The van der Waals surface area contributed by atoms with Gasteiger partial charge in [-0.05, 0) is 25.0 Å². The molecule has 0 saturated carbocycles. The molecule has 0 aliphatic heterocycles. The predicted octanol–water partition coefficient (Wildman–Crippen LogP) is 0.890. The summed E-state index contributed by atoms with van der Waals surface area (Å²) in [5.41, 5.74) is 6.36. The molecule has 0 aliphatic carbocycles. The molecule has 2 aromatic rings. The van der Waals surface area contributed by atoms with Gasteiger partial charge in [-0.2, -0.15) is 0 Å². The molecule has 0 bridgehead atoms. The summed E-state index contributed by atoms with van der Waals surface area (Å²) < 4.78 is 1.88. The van der Waals surface area contributed by atoms with Gasteiger partial charge in [-0.25, -0.2) is 0 Å². The molecule has 0 aliphatic rings. The van der Waals surface area contributed by atoms with E-state index in [4.69, 9.17) is 5.73 Å². The molecule has 0 spiro atoms. The van der Waals surface area contributed by atoms with E-state index in [2.05, 4.69) is 15.5 Å². The van der Waals surface area contributed by atoms with Crippen molar-refractivity contribution in [2.45, 2.75) is 32.9 Å². The monoisotopic (exact) mass is 261 g/mol. The average molecular weight is 261 g/mol. The first-order chi connectivity index (χ1) is 9.00. The zero-order valence-corrected chi connectivity index (χ0v) is 11.4. The van der Waals surface area contributed by atoms with Crippen molar-refractivity contribution in [1.29, 1.82) is 0 Å². The van der Waals surface area contributed by atoms with Gasteiger partial charge >= 0.3 is 0 Å².